The van der Waals surface area contributed by atoms with Crippen LogP contribution in [0, 0.1) is 0 Å². The molecular formula is C12H12Br2O2. The van der Waals surface area contributed by atoms with E-state index in [1.807, 2.05) is 20.8 Å². The lowest BCUT2D eigenvalue weighted by Gasteiger charge is -2.20. The third kappa shape index (κ3) is 3.25. The predicted molar refractivity (Wildman–Crippen MR) is 71.7 cm³/mol. The Kier molecular flexibility index (Phi) is 4.07. The Bertz CT molecular complexity index is 413. The van der Waals surface area contributed by atoms with Gasteiger partial charge in [0.25, 0.3) is 0 Å². The molecule has 0 atom stereocenters. The first kappa shape index (κ1) is 13.6. The molecule has 4 heteroatoms. The van der Waals surface area contributed by atoms with Crippen molar-refractivity contribution in [3.63, 3.8) is 0 Å². The molecule has 0 saturated heterocycles. The van der Waals surface area contributed by atoms with Gasteiger partial charge in [-0.25, -0.2) is 0 Å². The highest BCUT2D eigenvalue weighted by Gasteiger charge is 2.18. The first-order valence-corrected chi connectivity index (χ1v) is 6.35. The Morgan fingerprint density at radius 2 is 1.31 bits per heavy atom. The van der Waals surface area contributed by atoms with Crippen LogP contribution >= 0.6 is 31.9 Å². The van der Waals surface area contributed by atoms with Gasteiger partial charge in [-0.3, -0.25) is 9.59 Å². The van der Waals surface area contributed by atoms with Crippen molar-refractivity contribution in [1.29, 1.82) is 0 Å². The Balaban J connectivity index is 3.42. The van der Waals surface area contributed by atoms with Crippen LogP contribution < -0.4 is 0 Å². The van der Waals surface area contributed by atoms with Crippen molar-refractivity contribution in [3.05, 3.63) is 34.9 Å². The van der Waals surface area contributed by atoms with Crippen molar-refractivity contribution in [2.75, 3.05) is 0 Å². The molecular weight excluding hydrogens is 336 g/mol. The summed E-state index contributed by atoms with van der Waals surface area (Å²) in [6.07, 6.45) is 0. The van der Waals surface area contributed by atoms with Crippen LogP contribution in [0.5, 0.6) is 0 Å². The van der Waals surface area contributed by atoms with Gasteiger partial charge in [0.05, 0.1) is 0 Å². The maximum atomic E-state index is 11.3. The second kappa shape index (κ2) is 4.80. The van der Waals surface area contributed by atoms with Gasteiger partial charge >= 0.3 is 0 Å². The lowest BCUT2D eigenvalue weighted by Crippen LogP contribution is -2.13. The first-order chi connectivity index (χ1) is 7.21. The molecule has 0 amide bonds. The molecule has 0 aromatic heterocycles. The highest BCUT2D eigenvalue weighted by molar-refractivity contribution is 9.18. The molecule has 0 unspecified atom stereocenters. The highest BCUT2D eigenvalue weighted by atomic mass is 79.9. The van der Waals surface area contributed by atoms with Gasteiger partial charge in [-0.2, -0.15) is 0 Å². The Morgan fingerprint density at radius 1 is 0.938 bits per heavy atom. The molecule has 1 aromatic rings. The van der Waals surface area contributed by atoms with Crippen LogP contribution in [0.1, 0.15) is 47.1 Å². The molecule has 2 nitrogen and oxygen atoms in total. The van der Waals surface area contributed by atoms with E-state index in [9.17, 15) is 9.59 Å². The number of carbonyl (C=O) groups excluding carboxylic acids is 2. The van der Waals surface area contributed by atoms with E-state index in [-0.39, 0.29) is 14.8 Å². The summed E-state index contributed by atoms with van der Waals surface area (Å²) in [5, 5.41) is 0. The molecule has 0 aliphatic heterocycles. The smallest absolute Gasteiger partial charge is 0.228 e. The SMILES string of the molecule is CC(C)(C)c1cc(C(=O)Br)cc(C(=O)Br)c1. The normalized spacial score (nSPS) is 11.3. The molecule has 86 valence electrons. The Labute approximate surface area is 112 Å². The summed E-state index contributed by atoms with van der Waals surface area (Å²) in [7, 11) is 0. The van der Waals surface area contributed by atoms with Crippen molar-refractivity contribution in [2.24, 2.45) is 0 Å². The summed E-state index contributed by atoms with van der Waals surface area (Å²) in [5.41, 5.74) is 1.85. The van der Waals surface area contributed by atoms with Crippen molar-refractivity contribution >= 4 is 41.2 Å². The van der Waals surface area contributed by atoms with Crippen molar-refractivity contribution in [2.45, 2.75) is 26.2 Å². The number of hydrogen-bond donors (Lipinski definition) is 0. The van der Waals surface area contributed by atoms with Crippen LogP contribution in [0.2, 0.25) is 0 Å². The van der Waals surface area contributed by atoms with Gasteiger partial charge in [-0.05, 0) is 61.0 Å². The maximum absolute atomic E-state index is 11.3. The van der Waals surface area contributed by atoms with Crippen molar-refractivity contribution in [1.82, 2.24) is 0 Å². The number of rotatable bonds is 2. The second-order valence-corrected chi connectivity index (χ2v) is 6.04. The van der Waals surface area contributed by atoms with Gasteiger partial charge in [0.1, 0.15) is 0 Å². The third-order valence-electron chi connectivity index (χ3n) is 2.25. The molecule has 0 radical (unpaired) electrons. The van der Waals surface area contributed by atoms with Gasteiger partial charge in [-0.15, -0.1) is 0 Å². The van der Waals surface area contributed by atoms with Crippen LogP contribution in [0.15, 0.2) is 18.2 Å². The quantitative estimate of drug-likeness (QED) is 0.756. The number of halogens is 2. The molecule has 16 heavy (non-hydrogen) atoms. The van der Waals surface area contributed by atoms with Crippen LogP contribution in [0.4, 0.5) is 0 Å². The number of benzene rings is 1. The van der Waals surface area contributed by atoms with E-state index in [0.717, 1.165) is 5.56 Å². The standard InChI is InChI=1S/C12H12Br2O2/c1-12(2,3)9-5-7(10(13)15)4-8(6-9)11(14)16/h4-6H,1-3H3. The summed E-state index contributed by atoms with van der Waals surface area (Å²) in [4.78, 5) is 22.6. The van der Waals surface area contributed by atoms with Crippen LogP contribution in [0.3, 0.4) is 0 Å². The van der Waals surface area contributed by atoms with E-state index >= 15 is 0 Å². The maximum Gasteiger partial charge on any atom is 0.228 e. The first-order valence-electron chi connectivity index (χ1n) is 4.77. The van der Waals surface area contributed by atoms with Crippen LogP contribution in [-0.4, -0.2) is 9.39 Å². The van der Waals surface area contributed by atoms with E-state index in [1.165, 1.54) is 0 Å². The van der Waals surface area contributed by atoms with Crippen LogP contribution in [0.25, 0.3) is 0 Å². The van der Waals surface area contributed by atoms with Gasteiger partial charge in [0, 0.05) is 11.1 Å². The zero-order chi connectivity index (χ0) is 12.5. The van der Waals surface area contributed by atoms with Gasteiger partial charge in [0.15, 0.2) is 0 Å². The lowest BCUT2D eigenvalue weighted by atomic mass is 9.85. The zero-order valence-corrected chi connectivity index (χ0v) is 12.5. The van der Waals surface area contributed by atoms with Crippen LogP contribution in [-0.2, 0) is 5.41 Å². The van der Waals surface area contributed by atoms with E-state index in [1.54, 1.807) is 18.2 Å². The fourth-order valence-electron chi connectivity index (χ4n) is 1.29. The van der Waals surface area contributed by atoms with Gasteiger partial charge in [0.2, 0.25) is 9.39 Å². The summed E-state index contributed by atoms with van der Waals surface area (Å²) in [6, 6.07) is 5.18. The summed E-state index contributed by atoms with van der Waals surface area (Å²) in [5.74, 6) is 0. The van der Waals surface area contributed by atoms with Gasteiger partial charge in [-0.1, -0.05) is 20.8 Å². The molecule has 0 fully saturated rings. The fraction of sp³-hybridized carbons (Fsp3) is 0.333. The molecule has 0 aliphatic carbocycles. The molecule has 1 rings (SSSR count). The Hall–Kier alpha value is -0.480. The minimum atomic E-state index is -0.214. The summed E-state index contributed by atoms with van der Waals surface area (Å²) in [6.45, 7) is 6.11. The molecule has 0 saturated carbocycles. The van der Waals surface area contributed by atoms with Gasteiger partial charge < -0.3 is 0 Å². The minimum absolute atomic E-state index is 0.102. The number of carbonyl (C=O) groups is 2. The molecule has 0 bridgehead atoms. The average Bonchev–Trinajstić information content (AvgIpc) is 2.15. The van der Waals surface area contributed by atoms with E-state index < -0.39 is 0 Å². The van der Waals surface area contributed by atoms with E-state index in [0.29, 0.717) is 11.1 Å². The zero-order valence-electron chi connectivity index (χ0n) is 9.30. The van der Waals surface area contributed by atoms with Crippen molar-refractivity contribution in [3.8, 4) is 0 Å². The topological polar surface area (TPSA) is 34.1 Å². The second-order valence-electron chi connectivity index (χ2n) is 4.60. The fourth-order valence-corrected chi connectivity index (χ4v) is 1.75. The molecule has 0 spiro atoms. The largest absolute Gasteiger partial charge is 0.281 e. The van der Waals surface area contributed by atoms with Crippen molar-refractivity contribution < 1.29 is 9.59 Å². The summed E-state index contributed by atoms with van der Waals surface area (Å²) < 4.78 is -0.429. The predicted octanol–water partition coefficient (Wildman–Crippen LogP) is 4.05. The Morgan fingerprint density at radius 3 is 1.56 bits per heavy atom. The monoisotopic (exact) mass is 346 g/mol. The molecule has 1 aromatic carbocycles. The van der Waals surface area contributed by atoms with E-state index in [2.05, 4.69) is 31.9 Å². The lowest BCUT2D eigenvalue weighted by molar-refractivity contribution is 0.109. The average molecular weight is 348 g/mol. The van der Waals surface area contributed by atoms with E-state index in [4.69, 9.17) is 0 Å². The summed E-state index contributed by atoms with van der Waals surface area (Å²) >= 11 is 5.80. The number of hydrogen-bond acceptors (Lipinski definition) is 2. The molecule has 0 heterocycles. The molecule has 0 N–H and O–H groups in total. The minimum Gasteiger partial charge on any atom is -0.281 e. The molecule has 0 aliphatic rings. The highest BCUT2D eigenvalue weighted by Crippen LogP contribution is 2.26. The third-order valence-corrected chi connectivity index (χ3v) is 3.17.